The molecule has 1 fully saturated rings. The van der Waals surface area contributed by atoms with Gasteiger partial charge in [0.2, 0.25) is 17.6 Å². The lowest BCUT2D eigenvalue weighted by molar-refractivity contribution is -0.122. The van der Waals surface area contributed by atoms with E-state index in [2.05, 4.69) is 15.5 Å². The molecule has 0 aliphatic carbocycles. The van der Waals surface area contributed by atoms with E-state index in [4.69, 9.17) is 18.7 Å². The monoisotopic (exact) mass is 494 g/mol. The van der Waals surface area contributed by atoms with Gasteiger partial charge in [0.1, 0.15) is 0 Å². The van der Waals surface area contributed by atoms with Crippen LogP contribution in [-0.2, 0) is 9.59 Å². The van der Waals surface area contributed by atoms with E-state index in [1.165, 1.54) is 21.3 Å². The molecule has 1 N–H and O–H groups in total. The van der Waals surface area contributed by atoms with Gasteiger partial charge < -0.3 is 29.0 Å². The summed E-state index contributed by atoms with van der Waals surface area (Å²) in [5.41, 5.74) is 2.62. The molecule has 1 aromatic heterocycles. The van der Waals surface area contributed by atoms with Crippen molar-refractivity contribution >= 4 is 23.2 Å². The highest BCUT2D eigenvalue weighted by molar-refractivity contribution is 6.05. The number of aryl methyl sites for hydroxylation is 1. The number of hydrogen-bond donors (Lipinski definition) is 1. The topological polar surface area (TPSA) is 116 Å². The van der Waals surface area contributed by atoms with E-state index in [0.717, 1.165) is 5.56 Å². The Morgan fingerprint density at radius 2 is 1.83 bits per heavy atom. The number of nitrogens with one attached hydrogen (secondary N) is 1. The lowest BCUT2D eigenvalue weighted by Gasteiger charge is -2.20. The van der Waals surface area contributed by atoms with Gasteiger partial charge in [-0.3, -0.25) is 9.59 Å². The van der Waals surface area contributed by atoms with Crippen LogP contribution in [0.3, 0.4) is 0 Å². The Labute approximate surface area is 209 Å². The highest BCUT2D eigenvalue weighted by atomic mass is 16.5. The Kier molecular flexibility index (Phi) is 7.14. The molecule has 1 saturated heterocycles. The minimum absolute atomic E-state index is 0.0712. The highest BCUT2D eigenvalue weighted by Crippen LogP contribution is 2.42. The third-order valence-electron chi connectivity index (χ3n) is 6.17. The van der Waals surface area contributed by atoms with Crippen LogP contribution < -0.4 is 24.4 Å². The van der Waals surface area contributed by atoms with Crippen molar-refractivity contribution in [3.05, 3.63) is 41.7 Å². The third kappa shape index (κ3) is 4.71. The van der Waals surface area contributed by atoms with E-state index in [-0.39, 0.29) is 30.7 Å². The van der Waals surface area contributed by atoms with Crippen molar-refractivity contribution in [1.82, 2.24) is 10.1 Å². The number of methoxy groups -OCH3 is 3. The van der Waals surface area contributed by atoms with E-state index >= 15 is 0 Å². The smallest absolute Gasteiger partial charge is 0.260 e. The number of anilines is 2. The molecule has 1 aliphatic heterocycles. The largest absolute Gasteiger partial charge is 0.493 e. The average molecular weight is 495 g/mol. The first-order chi connectivity index (χ1) is 17.3. The van der Waals surface area contributed by atoms with Crippen molar-refractivity contribution in [2.75, 3.05) is 38.1 Å². The SMILES string of the molecule is COc1cc(N2CC(C(=O)Nc3c(C)cccc3-c3nc(C(C)C)no3)CC2=O)cc(OC)c1OC. The second kappa shape index (κ2) is 10.3. The first kappa shape index (κ1) is 25.0. The van der Waals surface area contributed by atoms with Gasteiger partial charge >= 0.3 is 0 Å². The molecule has 0 radical (unpaired) electrons. The predicted molar refractivity (Wildman–Crippen MR) is 134 cm³/mol. The number of carbonyl (C=O) groups is 2. The van der Waals surface area contributed by atoms with Gasteiger partial charge in [-0.1, -0.05) is 31.1 Å². The van der Waals surface area contributed by atoms with Crippen LogP contribution in [0.2, 0.25) is 0 Å². The normalized spacial score (nSPS) is 15.4. The molecule has 2 heterocycles. The minimum Gasteiger partial charge on any atom is -0.493 e. The Bertz CT molecular complexity index is 1260. The molecule has 10 heteroatoms. The predicted octanol–water partition coefficient (Wildman–Crippen LogP) is 4.19. The summed E-state index contributed by atoms with van der Waals surface area (Å²) in [4.78, 5) is 32.3. The summed E-state index contributed by atoms with van der Waals surface area (Å²) in [5.74, 6) is 1.32. The van der Waals surface area contributed by atoms with E-state index in [1.54, 1.807) is 17.0 Å². The Hall–Kier alpha value is -4.08. The van der Waals surface area contributed by atoms with Crippen molar-refractivity contribution in [3.8, 4) is 28.7 Å². The number of ether oxygens (including phenoxy) is 3. The Morgan fingerprint density at radius 1 is 1.14 bits per heavy atom. The Morgan fingerprint density at radius 3 is 2.42 bits per heavy atom. The zero-order chi connectivity index (χ0) is 26.0. The zero-order valence-corrected chi connectivity index (χ0v) is 21.2. The van der Waals surface area contributed by atoms with Crippen LogP contribution in [0.4, 0.5) is 11.4 Å². The summed E-state index contributed by atoms with van der Waals surface area (Å²) >= 11 is 0. The maximum absolute atomic E-state index is 13.3. The molecule has 3 aromatic rings. The lowest BCUT2D eigenvalue weighted by atomic mass is 10.0. The van der Waals surface area contributed by atoms with Crippen molar-refractivity contribution in [3.63, 3.8) is 0 Å². The van der Waals surface area contributed by atoms with Gasteiger partial charge in [-0.05, 0) is 18.6 Å². The molecular weight excluding hydrogens is 464 g/mol. The molecule has 0 spiro atoms. The van der Waals surface area contributed by atoms with Gasteiger partial charge in [0.15, 0.2) is 17.3 Å². The number of aromatic nitrogens is 2. The number of para-hydroxylation sites is 1. The molecule has 36 heavy (non-hydrogen) atoms. The summed E-state index contributed by atoms with van der Waals surface area (Å²) in [6.07, 6.45) is 0.0712. The van der Waals surface area contributed by atoms with E-state index in [1.807, 2.05) is 39.0 Å². The quantitative estimate of drug-likeness (QED) is 0.496. The van der Waals surface area contributed by atoms with Crippen molar-refractivity contribution in [2.24, 2.45) is 5.92 Å². The molecule has 4 rings (SSSR count). The minimum atomic E-state index is -0.557. The summed E-state index contributed by atoms with van der Waals surface area (Å²) in [7, 11) is 4.53. The summed E-state index contributed by atoms with van der Waals surface area (Å²) < 4.78 is 21.6. The summed E-state index contributed by atoms with van der Waals surface area (Å²) in [6, 6.07) is 8.97. The number of hydrogen-bond acceptors (Lipinski definition) is 8. The second-order valence-corrected chi connectivity index (χ2v) is 8.89. The van der Waals surface area contributed by atoms with Crippen LogP contribution in [0.25, 0.3) is 11.5 Å². The number of benzene rings is 2. The van der Waals surface area contributed by atoms with Gasteiger partial charge in [0.05, 0.1) is 44.2 Å². The van der Waals surface area contributed by atoms with Crippen LogP contribution in [-0.4, -0.2) is 49.8 Å². The van der Waals surface area contributed by atoms with E-state index in [9.17, 15) is 9.59 Å². The van der Waals surface area contributed by atoms with Gasteiger partial charge in [0, 0.05) is 31.0 Å². The number of nitrogens with zero attached hydrogens (tertiary/aromatic N) is 3. The fourth-order valence-corrected chi connectivity index (χ4v) is 4.17. The molecule has 10 nitrogen and oxygen atoms in total. The van der Waals surface area contributed by atoms with E-state index < -0.39 is 5.92 Å². The molecule has 2 aromatic carbocycles. The van der Waals surface area contributed by atoms with E-state index in [0.29, 0.717) is 45.9 Å². The zero-order valence-electron chi connectivity index (χ0n) is 21.2. The average Bonchev–Trinajstić information content (AvgIpc) is 3.51. The van der Waals surface area contributed by atoms with Gasteiger partial charge in [0.25, 0.3) is 5.89 Å². The first-order valence-corrected chi connectivity index (χ1v) is 11.6. The second-order valence-electron chi connectivity index (χ2n) is 8.89. The fraction of sp³-hybridized carbons (Fsp3) is 0.385. The van der Waals surface area contributed by atoms with Gasteiger partial charge in [-0.2, -0.15) is 4.98 Å². The number of amides is 2. The van der Waals surface area contributed by atoms with Crippen molar-refractivity contribution < 1.29 is 28.3 Å². The fourth-order valence-electron chi connectivity index (χ4n) is 4.17. The van der Waals surface area contributed by atoms with Crippen LogP contribution in [0.1, 0.15) is 37.6 Å². The highest BCUT2D eigenvalue weighted by Gasteiger charge is 2.36. The molecule has 0 saturated carbocycles. The lowest BCUT2D eigenvalue weighted by Crippen LogP contribution is -2.28. The van der Waals surface area contributed by atoms with Gasteiger partial charge in [-0.15, -0.1) is 0 Å². The first-order valence-electron chi connectivity index (χ1n) is 11.6. The van der Waals surface area contributed by atoms with Gasteiger partial charge in [-0.25, -0.2) is 0 Å². The standard InChI is InChI=1S/C26H30N4O6/c1-14(2)24-28-26(36-29-24)18-9-7-8-15(3)22(18)27-25(32)16-10-21(31)30(13-16)17-11-19(33-4)23(35-6)20(12-17)34-5/h7-9,11-12,14,16H,10,13H2,1-6H3,(H,27,32). The van der Waals surface area contributed by atoms with Crippen molar-refractivity contribution in [1.29, 1.82) is 0 Å². The molecular formula is C26H30N4O6. The summed E-state index contributed by atoms with van der Waals surface area (Å²) in [6.45, 7) is 6.05. The van der Waals surface area contributed by atoms with Crippen molar-refractivity contribution in [2.45, 2.75) is 33.1 Å². The molecule has 2 amide bonds. The maximum atomic E-state index is 13.3. The number of rotatable bonds is 8. The molecule has 1 aliphatic rings. The van der Waals surface area contributed by atoms with Crippen LogP contribution in [0.15, 0.2) is 34.9 Å². The number of carbonyl (C=O) groups excluding carboxylic acids is 2. The molecule has 1 atom stereocenters. The van der Waals surface area contributed by atoms with Crippen LogP contribution >= 0.6 is 0 Å². The van der Waals surface area contributed by atoms with Crippen LogP contribution in [0.5, 0.6) is 17.2 Å². The maximum Gasteiger partial charge on any atom is 0.260 e. The van der Waals surface area contributed by atoms with Crippen LogP contribution in [0, 0.1) is 12.8 Å². The summed E-state index contributed by atoms with van der Waals surface area (Å²) in [5, 5.41) is 7.03. The Balaban J connectivity index is 1.57. The third-order valence-corrected chi connectivity index (χ3v) is 6.17. The molecule has 1 unspecified atom stereocenters. The molecule has 0 bridgehead atoms. The molecule has 190 valence electrons.